The molecule has 0 aromatic heterocycles. The standard InChI is InChI=1S/2C4H6F3.O.Sn/c2*1-3(6)4(7)2-5;;/h2*3-4H,1-2H2;;. The Kier molecular flexibility index (Phi) is 8.39. The minimum atomic E-state index is -3.83. The molecular weight excluding hydrogens is 345 g/mol. The van der Waals surface area contributed by atoms with Crippen molar-refractivity contribution in [1.82, 2.24) is 0 Å². The summed E-state index contributed by atoms with van der Waals surface area (Å²) in [6.07, 6.45) is -9.28. The van der Waals surface area contributed by atoms with Gasteiger partial charge in [0.1, 0.15) is 0 Å². The van der Waals surface area contributed by atoms with Crippen LogP contribution in [0.2, 0.25) is 8.87 Å². The molecule has 96 valence electrons. The average Bonchev–Trinajstić information content (AvgIpc) is 2.26. The number of rotatable bonds is 8. The van der Waals surface area contributed by atoms with Crippen LogP contribution in [0.15, 0.2) is 0 Å². The van der Waals surface area contributed by atoms with Gasteiger partial charge < -0.3 is 0 Å². The molecule has 0 aromatic carbocycles. The first kappa shape index (κ1) is 16.2. The van der Waals surface area contributed by atoms with Crippen LogP contribution in [0, 0.1) is 0 Å². The van der Waals surface area contributed by atoms with Gasteiger partial charge in [0.25, 0.3) is 0 Å². The molecule has 0 aromatic rings. The van der Waals surface area contributed by atoms with Crippen LogP contribution in [0.5, 0.6) is 0 Å². The van der Waals surface area contributed by atoms with Crippen LogP contribution < -0.4 is 0 Å². The van der Waals surface area contributed by atoms with Crippen molar-refractivity contribution >= 4 is 19.7 Å². The molecule has 4 atom stereocenters. The predicted octanol–water partition coefficient (Wildman–Crippen LogP) is 2.70. The summed E-state index contributed by atoms with van der Waals surface area (Å²) < 4.78 is 83.1. The molecule has 0 heterocycles. The molecule has 0 N–H and O–H groups in total. The zero-order valence-corrected chi connectivity index (χ0v) is 11.2. The zero-order chi connectivity index (χ0) is 12.7. The fraction of sp³-hybridized carbons (Fsp3) is 1.00. The Morgan fingerprint density at radius 1 is 0.750 bits per heavy atom. The summed E-state index contributed by atoms with van der Waals surface area (Å²) in [5, 5.41) is 0. The summed E-state index contributed by atoms with van der Waals surface area (Å²) in [5.74, 6) is 0. The molecule has 4 unspecified atom stereocenters. The van der Waals surface area contributed by atoms with Crippen molar-refractivity contribution in [2.24, 2.45) is 0 Å². The van der Waals surface area contributed by atoms with E-state index in [1.54, 1.807) is 0 Å². The van der Waals surface area contributed by atoms with Crippen LogP contribution >= 0.6 is 0 Å². The van der Waals surface area contributed by atoms with Gasteiger partial charge in [-0.15, -0.1) is 0 Å². The van der Waals surface area contributed by atoms with Gasteiger partial charge in [0.15, 0.2) is 0 Å². The Labute approximate surface area is 96.3 Å². The van der Waals surface area contributed by atoms with E-state index in [2.05, 4.69) is 0 Å². The molecule has 0 aliphatic rings. The van der Waals surface area contributed by atoms with Crippen molar-refractivity contribution < 1.29 is 29.4 Å². The van der Waals surface area contributed by atoms with Gasteiger partial charge >= 0.3 is 96.1 Å². The minimum absolute atomic E-state index is 0.757. The first-order chi connectivity index (χ1) is 7.42. The molecule has 16 heavy (non-hydrogen) atoms. The van der Waals surface area contributed by atoms with Crippen LogP contribution in [-0.4, -0.2) is 57.8 Å². The van der Waals surface area contributed by atoms with Crippen LogP contribution in [0.1, 0.15) is 0 Å². The second-order valence-electron chi connectivity index (χ2n) is 3.32. The van der Waals surface area contributed by atoms with Gasteiger partial charge in [0.05, 0.1) is 0 Å². The third-order valence-electron chi connectivity index (χ3n) is 1.93. The summed E-state index contributed by atoms with van der Waals surface area (Å²) in [4.78, 5) is 0. The second-order valence-corrected chi connectivity index (χ2v) is 8.72. The Bertz CT molecular complexity index is 197. The summed E-state index contributed by atoms with van der Waals surface area (Å²) in [5.41, 5.74) is 0. The molecule has 8 heteroatoms. The van der Waals surface area contributed by atoms with E-state index in [0.29, 0.717) is 0 Å². The molecule has 0 fully saturated rings. The van der Waals surface area contributed by atoms with Crippen LogP contribution in [0.4, 0.5) is 26.3 Å². The van der Waals surface area contributed by atoms with E-state index in [1.807, 2.05) is 0 Å². The third-order valence-corrected chi connectivity index (χ3v) is 6.75. The fourth-order valence-corrected chi connectivity index (χ4v) is 5.39. The SMILES string of the molecule is [O]=[Sn]([CH2]C(F)C(F)CF)[CH2]C(F)C(F)CF. The molecule has 0 saturated carbocycles. The van der Waals surface area contributed by atoms with E-state index >= 15 is 0 Å². The van der Waals surface area contributed by atoms with Crippen LogP contribution in [0.25, 0.3) is 0 Å². The van der Waals surface area contributed by atoms with Gasteiger partial charge in [-0.05, 0) is 0 Å². The monoisotopic (exact) mass is 358 g/mol. The summed E-state index contributed by atoms with van der Waals surface area (Å²) in [7, 11) is 0. The van der Waals surface area contributed by atoms with E-state index in [1.165, 1.54) is 0 Å². The molecule has 1 nitrogen and oxygen atoms in total. The Balaban J connectivity index is 3.99. The molecule has 0 aliphatic carbocycles. The summed E-state index contributed by atoms with van der Waals surface area (Å²) in [6, 6.07) is 0. The van der Waals surface area contributed by atoms with Gasteiger partial charge in [0, 0.05) is 0 Å². The number of hydrogen-bond acceptors (Lipinski definition) is 1. The molecule has 0 aliphatic heterocycles. The molecule has 0 rings (SSSR count). The first-order valence-corrected chi connectivity index (χ1v) is 9.82. The topological polar surface area (TPSA) is 17.1 Å². The Hall–Kier alpha value is 0.179. The predicted molar refractivity (Wildman–Crippen MR) is 47.6 cm³/mol. The number of hydrogen-bond donors (Lipinski definition) is 0. The van der Waals surface area contributed by atoms with E-state index in [0.717, 1.165) is 0 Å². The van der Waals surface area contributed by atoms with Gasteiger partial charge in [-0.2, -0.15) is 0 Å². The van der Waals surface area contributed by atoms with E-state index < -0.39 is 66.7 Å². The molecule has 0 spiro atoms. The van der Waals surface area contributed by atoms with Gasteiger partial charge in [-0.1, -0.05) is 0 Å². The molecule has 0 bridgehead atoms. The maximum atomic E-state index is 12.7. The first-order valence-electron chi connectivity index (χ1n) is 4.62. The summed E-state index contributed by atoms with van der Waals surface area (Å²) in [6.45, 7) is -3.10. The molecule has 0 saturated heterocycles. The third kappa shape index (κ3) is 6.05. The van der Waals surface area contributed by atoms with Crippen molar-refractivity contribution in [2.45, 2.75) is 33.6 Å². The normalized spacial score (nSPS) is 18.9. The zero-order valence-electron chi connectivity index (χ0n) is 8.31. The van der Waals surface area contributed by atoms with Crippen LogP contribution in [0.3, 0.4) is 0 Å². The van der Waals surface area contributed by atoms with Crippen molar-refractivity contribution in [1.29, 1.82) is 0 Å². The van der Waals surface area contributed by atoms with Crippen molar-refractivity contribution in [3.63, 3.8) is 0 Å². The fourth-order valence-electron chi connectivity index (χ4n) is 0.967. The second kappa shape index (κ2) is 8.30. The van der Waals surface area contributed by atoms with Crippen molar-refractivity contribution in [3.05, 3.63) is 0 Å². The molecular formula is C8H12F6OSn. The van der Waals surface area contributed by atoms with E-state index in [4.69, 9.17) is 0 Å². The van der Waals surface area contributed by atoms with Crippen molar-refractivity contribution in [3.8, 4) is 0 Å². The Morgan fingerprint density at radius 3 is 1.31 bits per heavy atom. The molecule has 0 radical (unpaired) electrons. The summed E-state index contributed by atoms with van der Waals surface area (Å²) >= 11 is -3.83. The van der Waals surface area contributed by atoms with E-state index in [9.17, 15) is 29.4 Å². The van der Waals surface area contributed by atoms with Gasteiger partial charge in [0.2, 0.25) is 0 Å². The van der Waals surface area contributed by atoms with Crippen LogP contribution in [-0.2, 0) is 3.08 Å². The number of alkyl halides is 6. The number of halogens is 6. The molecule has 0 amide bonds. The van der Waals surface area contributed by atoms with Gasteiger partial charge in [-0.25, -0.2) is 0 Å². The quantitative estimate of drug-likeness (QED) is 0.483. The van der Waals surface area contributed by atoms with E-state index in [-0.39, 0.29) is 0 Å². The maximum absolute atomic E-state index is 12.7. The van der Waals surface area contributed by atoms with Crippen molar-refractivity contribution in [2.75, 3.05) is 13.3 Å². The average molecular weight is 357 g/mol. The van der Waals surface area contributed by atoms with Gasteiger partial charge in [-0.3, -0.25) is 0 Å². The Morgan fingerprint density at radius 2 is 1.06 bits per heavy atom.